The van der Waals surface area contributed by atoms with E-state index in [1.54, 1.807) is 0 Å². The van der Waals surface area contributed by atoms with Gasteiger partial charge in [0.1, 0.15) is 0 Å². The lowest BCUT2D eigenvalue weighted by molar-refractivity contribution is 0.157. The molecule has 1 aromatic rings. The number of nitrogens with zero attached hydrogens (tertiary/aromatic N) is 3. The van der Waals surface area contributed by atoms with E-state index >= 15 is 0 Å². The normalized spacial score (nSPS) is 32.5. The molecule has 0 aromatic carbocycles. The summed E-state index contributed by atoms with van der Waals surface area (Å²) in [6, 6.07) is 1.18. The predicted molar refractivity (Wildman–Crippen MR) is 77.2 cm³/mol. The number of rotatable bonds is 2. The molecule has 2 aliphatic heterocycles. The second-order valence-electron chi connectivity index (χ2n) is 7.55. The second kappa shape index (κ2) is 4.81. The average Bonchev–Trinajstić information content (AvgIpc) is 2.91. The van der Waals surface area contributed by atoms with Crippen LogP contribution in [0.4, 0.5) is 0 Å². The Labute approximate surface area is 120 Å². The van der Waals surface area contributed by atoms with Crippen molar-refractivity contribution >= 4 is 0 Å². The smallest absolute Gasteiger partial charge is 0.244 e. The maximum atomic E-state index is 6.20. The molecule has 0 aliphatic carbocycles. The van der Waals surface area contributed by atoms with Crippen LogP contribution in [0.15, 0.2) is 4.52 Å². The molecule has 0 amide bonds. The molecule has 2 aliphatic rings. The van der Waals surface area contributed by atoms with E-state index in [1.165, 1.54) is 12.8 Å². The van der Waals surface area contributed by atoms with Gasteiger partial charge in [0, 0.05) is 18.0 Å². The molecule has 5 heteroatoms. The van der Waals surface area contributed by atoms with E-state index in [4.69, 9.17) is 10.3 Å². The van der Waals surface area contributed by atoms with Gasteiger partial charge >= 0.3 is 0 Å². The van der Waals surface area contributed by atoms with E-state index in [1.807, 2.05) is 0 Å². The van der Waals surface area contributed by atoms with Gasteiger partial charge in [-0.05, 0) is 38.1 Å². The molecular weight excluding hydrogens is 252 g/mol. The highest BCUT2D eigenvalue weighted by molar-refractivity contribution is 5.07. The number of fused-ring (bicyclic) bond motifs is 2. The van der Waals surface area contributed by atoms with Gasteiger partial charge in [0.2, 0.25) is 5.89 Å². The first-order valence-corrected chi connectivity index (χ1v) is 7.67. The standard InChI is InChI=1S/C15H26N4O/c1-15(2,3)12(16)14-17-13(18-20-14)9-7-10-5-6-11(8-9)19(10)4/h9-12H,5-8,16H2,1-4H3/t9?,10?,11?,12-/m1/s1. The fourth-order valence-corrected chi connectivity index (χ4v) is 3.53. The van der Waals surface area contributed by atoms with Gasteiger partial charge < -0.3 is 15.2 Å². The van der Waals surface area contributed by atoms with Gasteiger partial charge in [-0.2, -0.15) is 4.98 Å². The molecule has 20 heavy (non-hydrogen) atoms. The van der Waals surface area contributed by atoms with E-state index in [9.17, 15) is 0 Å². The average molecular weight is 278 g/mol. The third-order valence-corrected chi connectivity index (χ3v) is 5.12. The molecule has 2 N–H and O–H groups in total. The van der Waals surface area contributed by atoms with Crippen LogP contribution in [0.5, 0.6) is 0 Å². The lowest BCUT2D eigenvalue weighted by Crippen LogP contribution is -2.39. The third kappa shape index (κ3) is 2.37. The van der Waals surface area contributed by atoms with Gasteiger partial charge in [-0.3, -0.25) is 0 Å². The molecule has 3 rings (SSSR count). The van der Waals surface area contributed by atoms with Crippen LogP contribution in [-0.4, -0.2) is 34.2 Å². The Kier molecular flexibility index (Phi) is 3.37. The summed E-state index contributed by atoms with van der Waals surface area (Å²) in [5.41, 5.74) is 6.14. The lowest BCUT2D eigenvalue weighted by Gasteiger charge is -2.34. The third-order valence-electron chi connectivity index (χ3n) is 5.12. The summed E-state index contributed by atoms with van der Waals surface area (Å²) < 4.78 is 5.42. The number of piperidine rings is 1. The summed E-state index contributed by atoms with van der Waals surface area (Å²) >= 11 is 0. The fourth-order valence-electron chi connectivity index (χ4n) is 3.53. The van der Waals surface area contributed by atoms with Gasteiger partial charge in [0.05, 0.1) is 6.04 Å². The summed E-state index contributed by atoms with van der Waals surface area (Å²) in [5, 5.41) is 4.21. The summed E-state index contributed by atoms with van der Waals surface area (Å²) in [4.78, 5) is 7.13. The van der Waals surface area contributed by atoms with E-state index < -0.39 is 0 Å². The summed E-state index contributed by atoms with van der Waals surface area (Å²) in [5.74, 6) is 1.89. The van der Waals surface area contributed by atoms with Gasteiger partial charge in [0.25, 0.3) is 0 Å². The Balaban J connectivity index is 1.75. The van der Waals surface area contributed by atoms with Crippen LogP contribution in [0, 0.1) is 5.41 Å². The highest BCUT2D eigenvalue weighted by atomic mass is 16.5. The van der Waals surface area contributed by atoms with Gasteiger partial charge in [-0.15, -0.1) is 0 Å². The number of nitrogens with two attached hydrogens (primary N) is 1. The van der Waals surface area contributed by atoms with Crippen molar-refractivity contribution in [3.8, 4) is 0 Å². The van der Waals surface area contributed by atoms with Crippen LogP contribution >= 0.6 is 0 Å². The molecule has 1 aromatic heterocycles. The Bertz CT molecular complexity index is 464. The maximum Gasteiger partial charge on any atom is 0.244 e. The van der Waals surface area contributed by atoms with Crippen LogP contribution in [0.1, 0.15) is 70.1 Å². The minimum atomic E-state index is -0.202. The topological polar surface area (TPSA) is 68.2 Å². The summed E-state index contributed by atoms with van der Waals surface area (Å²) in [7, 11) is 2.25. The predicted octanol–water partition coefficient (Wildman–Crippen LogP) is 2.46. The Morgan fingerprint density at radius 3 is 2.40 bits per heavy atom. The zero-order valence-electron chi connectivity index (χ0n) is 13.0. The molecule has 2 bridgehead atoms. The lowest BCUT2D eigenvalue weighted by atomic mass is 9.87. The van der Waals surface area contributed by atoms with Crippen LogP contribution < -0.4 is 5.73 Å². The van der Waals surface area contributed by atoms with E-state index in [-0.39, 0.29) is 11.5 Å². The summed E-state index contributed by atoms with van der Waals surface area (Å²) in [6.45, 7) is 6.28. The number of hydrogen-bond donors (Lipinski definition) is 1. The van der Waals surface area contributed by atoms with Crippen molar-refractivity contribution in [1.82, 2.24) is 15.0 Å². The largest absolute Gasteiger partial charge is 0.338 e. The quantitative estimate of drug-likeness (QED) is 0.900. The van der Waals surface area contributed by atoms with Crippen molar-refractivity contribution in [2.24, 2.45) is 11.1 Å². The van der Waals surface area contributed by atoms with E-state index in [0.29, 0.717) is 23.9 Å². The Hall–Kier alpha value is -0.940. The van der Waals surface area contributed by atoms with Crippen LogP contribution in [0.25, 0.3) is 0 Å². The van der Waals surface area contributed by atoms with Gasteiger partial charge in [-0.1, -0.05) is 25.9 Å². The monoisotopic (exact) mass is 278 g/mol. The molecule has 112 valence electrons. The van der Waals surface area contributed by atoms with Crippen molar-refractivity contribution in [3.05, 3.63) is 11.7 Å². The zero-order chi connectivity index (χ0) is 14.5. The first kappa shape index (κ1) is 14.0. The van der Waals surface area contributed by atoms with Crippen molar-refractivity contribution in [2.75, 3.05) is 7.05 Å². The molecule has 2 saturated heterocycles. The molecule has 3 atom stereocenters. The highest BCUT2D eigenvalue weighted by Gasteiger charge is 2.40. The van der Waals surface area contributed by atoms with Crippen molar-refractivity contribution < 1.29 is 4.52 Å². The molecule has 2 unspecified atom stereocenters. The minimum absolute atomic E-state index is 0.0599. The maximum absolute atomic E-state index is 6.20. The van der Waals surface area contributed by atoms with Crippen LogP contribution in [0.3, 0.4) is 0 Å². The zero-order valence-corrected chi connectivity index (χ0v) is 13.0. The van der Waals surface area contributed by atoms with E-state index in [2.05, 4.69) is 42.9 Å². The van der Waals surface area contributed by atoms with E-state index in [0.717, 1.165) is 18.7 Å². The Morgan fingerprint density at radius 1 is 1.25 bits per heavy atom. The van der Waals surface area contributed by atoms with Crippen molar-refractivity contribution in [2.45, 2.75) is 70.5 Å². The molecular formula is C15H26N4O. The fraction of sp³-hybridized carbons (Fsp3) is 0.867. The summed E-state index contributed by atoms with van der Waals surface area (Å²) in [6.07, 6.45) is 4.92. The van der Waals surface area contributed by atoms with Crippen LogP contribution in [0.2, 0.25) is 0 Å². The molecule has 0 saturated carbocycles. The second-order valence-corrected chi connectivity index (χ2v) is 7.55. The molecule has 2 fully saturated rings. The molecule has 0 radical (unpaired) electrons. The highest BCUT2D eigenvalue weighted by Crippen LogP contribution is 2.41. The molecule has 0 spiro atoms. The Morgan fingerprint density at radius 2 is 1.85 bits per heavy atom. The first-order chi connectivity index (χ1) is 9.36. The van der Waals surface area contributed by atoms with Gasteiger partial charge in [-0.25, -0.2) is 0 Å². The van der Waals surface area contributed by atoms with Crippen LogP contribution in [-0.2, 0) is 0 Å². The number of hydrogen-bond acceptors (Lipinski definition) is 5. The van der Waals surface area contributed by atoms with Crippen molar-refractivity contribution in [1.29, 1.82) is 0 Å². The van der Waals surface area contributed by atoms with Crippen molar-refractivity contribution in [3.63, 3.8) is 0 Å². The minimum Gasteiger partial charge on any atom is -0.338 e. The first-order valence-electron chi connectivity index (χ1n) is 7.67. The molecule has 5 nitrogen and oxygen atoms in total. The molecule has 3 heterocycles. The SMILES string of the molecule is CN1C2CCC1CC(c1noc([C@@H](N)C(C)(C)C)n1)C2. The van der Waals surface area contributed by atoms with Gasteiger partial charge in [0.15, 0.2) is 5.82 Å². The number of aromatic nitrogens is 2.